The van der Waals surface area contributed by atoms with Crippen LogP contribution in [0.1, 0.15) is 81.7 Å². The van der Waals surface area contributed by atoms with Crippen LogP contribution in [0.15, 0.2) is 6.07 Å². The van der Waals surface area contributed by atoms with Gasteiger partial charge in [-0.2, -0.15) is 10.1 Å². The van der Waals surface area contributed by atoms with Gasteiger partial charge in [0.15, 0.2) is 5.82 Å². The van der Waals surface area contributed by atoms with Crippen LogP contribution in [0.3, 0.4) is 0 Å². The van der Waals surface area contributed by atoms with Crippen molar-refractivity contribution >= 4 is 23.5 Å². The van der Waals surface area contributed by atoms with Crippen molar-refractivity contribution in [2.75, 3.05) is 29.9 Å². The molecular weight excluding hydrogens is 402 g/mol. The molecule has 2 saturated heterocycles. The molecule has 3 aliphatic rings. The molecule has 0 spiro atoms. The number of H-pyrrole nitrogens is 1. The number of amides is 1. The quantitative estimate of drug-likeness (QED) is 0.682. The molecule has 1 aliphatic carbocycles. The Labute approximate surface area is 190 Å². The first-order chi connectivity index (χ1) is 15.7. The summed E-state index contributed by atoms with van der Waals surface area (Å²) in [7, 11) is 0. The molecule has 1 atom stereocenters. The molecule has 0 radical (unpaired) electrons. The van der Waals surface area contributed by atoms with Gasteiger partial charge in [0, 0.05) is 42.9 Å². The van der Waals surface area contributed by atoms with Crippen LogP contribution in [0.4, 0.5) is 17.6 Å². The first-order valence-corrected chi connectivity index (χ1v) is 12.5. The van der Waals surface area contributed by atoms with E-state index in [4.69, 9.17) is 9.97 Å². The number of hydrogen-bond acceptors (Lipinski definition) is 6. The molecule has 172 valence electrons. The largest absolute Gasteiger partial charge is 0.341 e. The molecule has 0 bridgehead atoms. The van der Waals surface area contributed by atoms with Crippen molar-refractivity contribution in [3.8, 4) is 0 Å². The standard InChI is InChI=1S/C24H35N7O/c1-3-16(4-2)19-15-21(29-28-19)26-22-17-9-7-10-18(17)25-24(27-22)31-14-8-11-20(31)23(32)30-12-5-6-13-30/h15-16,20H,3-14H2,1-2H3,(H2,25,26,27,28,29). The van der Waals surface area contributed by atoms with Crippen LogP contribution in [-0.4, -0.2) is 56.6 Å². The van der Waals surface area contributed by atoms with Crippen molar-refractivity contribution in [1.29, 1.82) is 0 Å². The molecule has 2 fully saturated rings. The second kappa shape index (κ2) is 9.08. The Balaban J connectivity index is 1.41. The minimum absolute atomic E-state index is 0.132. The van der Waals surface area contributed by atoms with E-state index in [-0.39, 0.29) is 11.9 Å². The molecule has 2 aromatic heterocycles. The number of nitrogens with zero attached hydrogens (tertiary/aromatic N) is 5. The zero-order valence-electron chi connectivity index (χ0n) is 19.4. The molecule has 2 aliphatic heterocycles. The molecule has 1 unspecified atom stereocenters. The number of anilines is 3. The van der Waals surface area contributed by atoms with Crippen LogP contribution in [0.2, 0.25) is 0 Å². The Morgan fingerprint density at radius 2 is 1.94 bits per heavy atom. The first-order valence-electron chi connectivity index (χ1n) is 12.5. The number of likely N-dealkylation sites (tertiary alicyclic amines) is 1. The SMILES string of the molecule is CCC(CC)c1cc(Nc2nc(N3CCCC3C(=O)N3CCCC3)nc3c2CCC3)n[nH]1. The van der Waals surface area contributed by atoms with E-state index in [1.807, 2.05) is 4.90 Å². The summed E-state index contributed by atoms with van der Waals surface area (Å²) in [6.45, 7) is 7.03. The first kappa shape index (κ1) is 21.2. The maximum Gasteiger partial charge on any atom is 0.245 e. The van der Waals surface area contributed by atoms with Crippen LogP contribution in [-0.2, 0) is 17.6 Å². The maximum absolute atomic E-state index is 13.2. The van der Waals surface area contributed by atoms with Crippen LogP contribution in [0.5, 0.6) is 0 Å². The fourth-order valence-corrected chi connectivity index (χ4v) is 5.52. The number of carbonyl (C=O) groups excluding carboxylic acids is 1. The van der Waals surface area contributed by atoms with Gasteiger partial charge in [-0.1, -0.05) is 13.8 Å². The Morgan fingerprint density at radius 3 is 2.72 bits per heavy atom. The minimum Gasteiger partial charge on any atom is -0.341 e. The molecule has 4 heterocycles. The highest BCUT2D eigenvalue weighted by Crippen LogP contribution is 2.33. The zero-order valence-corrected chi connectivity index (χ0v) is 19.4. The molecule has 5 rings (SSSR count). The highest BCUT2D eigenvalue weighted by atomic mass is 16.2. The lowest BCUT2D eigenvalue weighted by Gasteiger charge is -2.28. The van der Waals surface area contributed by atoms with E-state index >= 15 is 0 Å². The lowest BCUT2D eigenvalue weighted by atomic mass is 10.00. The Morgan fingerprint density at radius 1 is 1.12 bits per heavy atom. The van der Waals surface area contributed by atoms with E-state index in [2.05, 4.69) is 40.3 Å². The minimum atomic E-state index is -0.132. The van der Waals surface area contributed by atoms with E-state index in [0.717, 1.165) is 94.8 Å². The van der Waals surface area contributed by atoms with Crippen LogP contribution >= 0.6 is 0 Å². The van der Waals surface area contributed by atoms with Crippen molar-refractivity contribution in [3.05, 3.63) is 23.0 Å². The highest BCUT2D eigenvalue weighted by molar-refractivity contribution is 5.85. The number of aromatic nitrogens is 4. The van der Waals surface area contributed by atoms with Crippen LogP contribution in [0.25, 0.3) is 0 Å². The second-order valence-electron chi connectivity index (χ2n) is 9.38. The number of carbonyl (C=O) groups is 1. The molecule has 8 nitrogen and oxygen atoms in total. The maximum atomic E-state index is 13.2. The molecule has 0 aromatic carbocycles. The van der Waals surface area contributed by atoms with Gasteiger partial charge in [0.05, 0.1) is 5.69 Å². The third kappa shape index (κ3) is 3.95. The average Bonchev–Trinajstić information content (AvgIpc) is 3.61. The van der Waals surface area contributed by atoms with Crippen molar-refractivity contribution < 1.29 is 4.79 Å². The zero-order chi connectivity index (χ0) is 22.1. The number of hydrogen-bond donors (Lipinski definition) is 2. The van der Waals surface area contributed by atoms with Crippen molar-refractivity contribution in [3.63, 3.8) is 0 Å². The summed E-state index contributed by atoms with van der Waals surface area (Å²) in [6, 6.07) is 1.98. The third-order valence-corrected chi connectivity index (χ3v) is 7.40. The summed E-state index contributed by atoms with van der Waals surface area (Å²) in [5.74, 6) is 3.09. The van der Waals surface area contributed by atoms with E-state index in [0.29, 0.717) is 11.9 Å². The van der Waals surface area contributed by atoms with Gasteiger partial charge in [-0.25, -0.2) is 4.98 Å². The normalized spacial score (nSPS) is 20.4. The van der Waals surface area contributed by atoms with Gasteiger partial charge in [0.1, 0.15) is 11.9 Å². The highest BCUT2D eigenvalue weighted by Gasteiger charge is 2.37. The Bertz CT molecular complexity index is 961. The van der Waals surface area contributed by atoms with Gasteiger partial charge < -0.3 is 15.1 Å². The summed E-state index contributed by atoms with van der Waals surface area (Å²) in [4.78, 5) is 27.2. The molecule has 32 heavy (non-hydrogen) atoms. The lowest BCUT2D eigenvalue weighted by molar-refractivity contribution is -0.131. The number of rotatable bonds is 7. The van der Waals surface area contributed by atoms with E-state index in [1.54, 1.807) is 0 Å². The second-order valence-corrected chi connectivity index (χ2v) is 9.38. The summed E-state index contributed by atoms with van der Waals surface area (Å²) in [6.07, 6.45) is 9.35. The molecule has 2 aromatic rings. The lowest BCUT2D eigenvalue weighted by Crippen LogP contribution is -2.45. The number of aryl methyl sites for hydroxylation is 1. The smallest absolute Gasteiger partial charge is 0.245 e. The van der Waals surface area contributed by atoms with Gasteiger partial charge >= 0.3 is 0 Å². The number of aromatic amines is 1. The third-order valence-electron chi connectivity index (χ3n) is 7.40. The average molecular weight is 438 g/mol. The van der Waals surface area contributed by atoms with Crippen LogP contribution in [0, 0.1) is 0 Å². The number of fused-ring (bicyclic) bond motifs is 1. The molecule has 1 amide bonds. The fourth-order valence-electron chi connectivity index (χ4n) is 5.52. The Hall–Kier alpha value is -2.64. The topological polar surface area (TPSA) is 90.0 Å². The molecular formula is C24H35N7O. The van der Waals surface area contributed by atoms with E-state index < -0.39 is 0 Å². The molecule has 0 saturated carbocycles. The molecule has 2 N–H and O–H groups in total. The van der Waals surface area contributed by atoms with Gasteiger partial charge in [-0.05, 0) is 57.8 Å². The van der Waals surface area contributed by atoms with Crippen molar-refractivity contribution in [1.82, 2.24) is 25.1 Å². The molecule has 8 heteroatoms. The van der Waals surface area contributed by atoms with Gasteiger partial charge in [-0.15, -0.1) is 0 Å². The predicted molar refractivity (Wildman–Crippen MR) is 125 cm³/mol. The summed E-state index contributed by atoms with van der Waals surface area (Å²) >= 11 is 0. The van der Waals surface area contributed by atoms with Crippen molar-refractivity contribution in [2.24, 2.45) is 0 Å². The van der Waals surface area contributed by atoms with Crippen molar-refractivity contribution in [2.45, 2.75) is 83.6 Å². The summed E-state index contributed by atoms with van der Waals surface area (Å²) in [5.41, 5.74) is 3.48. The van der Waals surface area contributed by atoms with Gasteiger partial charge in [0.25, 0.3) is 0 Å². The van der Waals surface area contributed by atoms with Crippen LogP contribution < -0.4 is 10.2 Å². The van der Waals surface area contributed by atoms with Gasteiger partial charge in [-0.3, -0.25) is 9.89 Å². The van der Waals surface area contributed by atoms with E-state index in [9.17, 15) is 4.79 Å². The summed E-state index contributed by atoms with van der Waals surface area (Å²) in [5, 5.41) is 11.2. The fraction of sp³-hybridized carbons (Fsp3) is 0.667. The monoisotopic (exact) mass is 437 g/mol. The summed E-state index contributed by atoms with van der Waals surface area (Å²) < 4.78 is 0. The Kier molecular flexibility index (Phi) is 6.02. The van der Waals surface area contributed by atoms with E-state index in [1.165, 1.54) is 11.3 Å². The number of nitrogens with one attached hydrogen (secondary N) is 2. The van der Waals surface area contributed by atoms with Gasteiger partial charge in [0.2, 0.25) is 11.9 Å². The predicted octanol–water partition coefficient (Wildman–Crippen LogP) is 3.93.